The van der Waals surface area contributed by atoms with Crippen LogP contribution in [-0.4, -0.2) is 42.5 Å². The second kappa shape index (κ2) is 7.99. The fourth-order valence-corrected chi connectivity index (χ4v) is 2.41. The first kappa shape index (κ1) is 18.2. The molecule has 0 heterocycles. The molecule has 0 saturated heterocycles. The highest BCUT2D eigenvalue weighted by atomic mass is 16.6. The number of nitrogens with one attached hydrogen (secondary N) is 2. The maximum absolute atomic E-state index is 11.7. The van der Waals surface area contributed by atoms with E-state index in [0.717, 1.165) is 25.9 Å². The van der Waals surface area contributed by atoms with Crippen LogP contribution in [0.4, 0.5) is 4.79 Å². The molecule has 0 spiro atoms. The number of aliphatic hydroxyl groups is 1. The van der Waals surface area contributed by atoms with Crippen molar-refractivity contribution >= 4 is 6.09 Å². The molecule has 0 radical (unpaired) electrons. The van der Waals surface area contributed by atoms with Crippen molar-refractivity contribution in [3.8, 4) is 0 Å². The summed E-state index contributed by atoms with van der Waals surface area (Å²) in [5.74, 6) is 1.47. The molecule has 1 aliphatic rings. The quantitative estimate of drug-likeness (QED) is 0.674. The summed E-state index contributed by atoms with van der Waals surface area (Å²) < 4.78 is 5.25. The summed E-state index contributed by atoms with van der Waals surface area (Å²) >= 11 is 0. The maximum atomic E-state index is 11.7. The van der Waals surface area contributed by atoms with Gasteiger partial charge in [0.25, 0.3) is 0 Å². The third-order valence-electron chi connectivity index (χ3n) is 3.90. The van der Waals surface area contributed by atoms with Crippen LogP contribution >= 0.6 is 0 Å². The SMILES string of the molecule is CC(C)C(CNCC1CC(O)C1)CNC(=O)OC(C)(C)C. The Morgan fingerprint density at radius 3 is 2.38 bits per heavy atom. The van der Waals surface area contributed by atoms with Gasteiger partial charge in [0.15, 0.2) is 0 Å². The van der Waals surface area contributed by atoms with E-state index in [9.17, 15) is 9.90 Å². The molecule has 124 valence electrons. The highest BCUT2D eigenvalue weighted by molar-refractivity contribution is 5.67. The molecule has 0 bridgehead atoms. The summed E-state index contributed by atoms with van der Waals surface area (Å²) in [6, 6.07) is 0. The number of amides is 1. The Kier molecular flexibility index (Phi) is 6.94. The van der Waals surface area contributed by atoms with Crippen molar-refractivity contribution in [1.29, 1.82) is 0 Å². The molecule has 1 rings (SSSR count). The number of aliphatic hydroxyl groups excluding tert-OH is 1. The lowest BCUT2D eigenvalue weighted by Gasteiger charge is -2.32. The molecule has 5 nitrogen and oxygen atoms in total. The fourth-order valence-electron chi connectivity index (χ4n) is 2.41. The van der Waals surface area contributed by atoms with Gasteiger partial charge in [0, 0.05) is 6.54 Å². The minimum absolute atomic E-state index is 0.0912. The minimum Gasteiger partial charge on any atom is -0.444 e. The van der Waals surface area contributed by atoms with E-state index in [-0.39, 0.29) is 12.2 Å². The van der Waals surface area contributed by atoms with Crippen molar-refractivity contribution in [2.24, 2.45) is 17.8 Å². The van der Waals surface area contributed by atoms with Crippen LogP contribution in [0.5, 0.6) is 0 Å². The van der Waals surface area contributed by atoms with Gasteiger partial charge in [-0.3, -0.25) is 0 Å². The number of hydrogen-bond donors (Lipinski definition) is 3. The van der Waals surface area contributed by atoms with E-state index >= 15 is 0 Å². The normalized spacial score (nSPS) is 23.6. The Labute approximate surface area is 128 Å². The molecule has 1 fully saturated rings. The third kappa shape index (κ3) is 7.67. The lowest BCUT2D eigenvalue weighted by atomic mass is 9.82. The van der Waals surface area contributed by atoms with Gasteiger partial charge < -0.3 is 20.5 Å². The van der Waals surface area contributed by atoms with Crippen LogP contribution in [0.3, 0.4) is 0 Å². The Morgan fingerprint density at radius 1 is 1.29 bits per heavy atom. The van der Waals surface area contributed by atoms with Gasteiger partial charge in [0.1, 0.15) is 5.60 Å². The highest BCUT2D eigenvalue weighted by Crippen LogP contribution is 2.26. The van der Waals surface area contributed by atoms with Crippen LogP contribution < -0.4 is 10.6 Å². The van der Waals surface area contributed by atoms with Crippen molar-refractivity contribution in [3.63, 3.8) is 0 Å². The van der Waals surface area contributed by atoms with E-state index < -0.39 is 5.60 Å². The molecule has 1 atom stereocenters. The van der Waals surface area contributed by atoms with Crippen LogP contribution in [0.15, 0.2) is 0 Å². The Bertz CT molecular complexity index is 320. The Balaban J connectivity index is 2.21. The van der Waals surface area contributed by atoms with Gasteiger partial charge in [-0.25, -0.2) is 4.79 Å². The first-order valence-corrected chi connectivity index (χ1v) is 8.03. The fraction of sp³-hybridized carbons (Fsp3) is 0.938. The van der Waals surface area contributed by atoms with E-state index in [4.69, 9.17) is 4.74 Å². The largest absolute Gasteiger partial charge is 0.444 e. The van der Waals surface area contributed by atoms with E-state index in [2.05, 4.69) is 24.5 Å². The molecule has 5 heteroatoms. The summed E-state index contributed by atoms with van der Waals surface area (Å²) in [6.07, 6.45) is 1.38. The Hall–Kier alpha value is -0.810. The van der Waals surface area contributed by atoms with Crippen molar-refractivity contribution < 1.29 is 14.6 Å². The van der Waals surface area contributed by atoms with E-state index in [1.165, 1.54) is 0 Å². The molecule has 1 amide bonds. The van der Waals surface area contributed by atoms with Gasteiger partial charge in [-0.2, -0.15) is 0 Å². The molecular weight excluding hydrogens is 268 g/mol. The molecule has 1 unspecified atom stereocenters. The third-order valence-corrected chi connectivity index (χ3v) is 3.90. The van der Waals surface area contributed by atoms with E-state index in [1.807, 2.05) is 20.8 Å². The van der Waals surface area contributed by atoms with Crippen LogP contribution in [0.2, 0.25) is 0 Å². The summed E-state index contributed by atoms with van der Waals surface area (Å²) in [7, 11) is 0. The molecule has 1 aliphatic carbocycles. The lowest BCUT2D eigenvalue weighted by Crippen LogP contribution is -2.42. The van der Waals surface area contributed by atoms with Gasteiger partial charge in [0.2, 0.25) is 0 Å². The van der Waals surface area contributed by atoms with Gasteiger partial charge in [-0.15, -0.1) is 0 Å². The minimum atomic E-state index is -0.458. The van der Waals surface area contributed by atoms with Crippen molar-refractivity contribution in [1.82, 2.24) is 10.6 Å². The number of rotatable bonds is 7. The molecule has 21 heavy (non-hydrogen) atoms. The number of carbonyl (C=O) groups is 1. The highest BCUT2D eigenvalue weighted by Gasteiger charge is 2.27. The topological polar surface area (TPSA) is 70.6 Å². The second-order valence-corrected chi connectivity index (χ2v) is 7.54. The molecule has 3 N–H and O–H groups in total. The zero-order valence-electron chi connectivity index (χ0n) is 14.1. The van der Waals surface area contributed by atoms with Crippen molar-refractivity contribution in [2.45, 2.75) is 59.2 Å². The van der Waals surface area contributed by atoms with Crippen LogP contribution in [0, 0.1) is 17.8 Å². The van der Waals surface area contributed by atoms with Crippen molar-refractivity contribution in [2.75, 3.05) is 19.6 Å². The second-order valence-electron chi connectivity index (χ2n) is 7.54. The number of alkyl carbamates (subject to hydrolysis) is 1. The average Bonchev–Trinajstić information content (AvgIpc) is 2.27. The monoisotopic (exact) mass is 300 g/mol. The molecule has 1 saturated carbocycles. The van der Waals surface area contributed by atoms with Gasteiger partial charge in [-0.05, 0) is 64.5 Å². The van der Waals surface area contributed by atoms with Crippen LogP contribution in [0.1, 0.15) is 47.5 Å². The first-order chi connectivity index (χ1) is 9.67. The summed E-state index contributed by atoms with van der Waals surface area (Å²) in [6.45, 7) is 12.4. The molecule has 0 aromatic carbocycles. The van der Waals surface area contributed by atoms with Gasteiger partial charge in [-0.1, -0.05) is 13.8 Å². The Morgan fingerprint density at radius 2 is 1.90 bits per heavy atom. The van der Waals surface area contributed by atoms with E-state index in [0.29, 0.717) is 24.3 Å². The zero-order chi connectivity index (χ0) is 16.0. The lowest BCUT2D eigenvalue weighted by molar-refractivity contribution is 0.0419. The van der Waals surface area contributed by atoms with Crippen molar-refractivity contribution in [3.05, 3.63) is 0 Å². The van der Waals surface area contributed by atoms with E-state index in [1.54, 1.807) is 0 Å². The molecule has 0 aromatic heterocycles. The van der Waals surface area contributed by atoms with Gasteiger partial charge in [0.05, 0.1) is 6.10 Å². The molecule has 0 aromatic rings. The standard InChI is InChI=1S/C16H32N2O3/c1-11(2)13(9-17-8-12-6-14(19)7-12)10-18-15(20)21-16(3,4)5/h11-14,17,19H,6-10H2,1-5H3,(H,18,20). The summed E-state index contributed by atoms with van der Waals surface area (Å²) in [4.78, 5) is 11.7. The first-order valence-electron chi connectivity index (χ1n) is 8.03. The number of hydrogen-bond acceptors (Lipinski definition) is 4. The average molecular weight is 300 g/mol. The molecular formula is C16H32N2O3. The van der Waals surface area contributed by atoms with Gasteiger partial charge >= 0.3 is 6.09 Å². The summed E-state index contributed by atoms with van der Waals surface area (Å²) in [5, 5.41) is 15.6. The zero-order valence-corrected chi connectivity index (χ0v) is 14.1. The predicted octanol–water partition coefficient (Wildman–Crippen LogP) is 2.14. The number of ether oxygens (including phenoxy) is 1. The number of carbonyl (C=O) groups excluding carboxylic acids is 1. The maximum Gasteiger partial charge on any atom is 0.407 e. The predicted molar refractivity (Wildman–Crippen MR) is 84.2 cm³/mol. The van der Waals surface area contributed by atoms with Crippen LogP contribution in [0.25, 0.3) is 0 Å². The molecule has 0 aliphatic heterocycles. The smallest absolute Gasteiger partial charge is 0.407 e. The van der Waals surface area contributed by atoms with Crippen LogP contribution in [-0.2, 0) is 4.74 Å². The summed E-state index contributed by atoms with van der Waals surface area (Å²) in [5.41, 5.74) is -0.458.